The number of allylic oxidation sites excluding steroid dienone is 5. The Hall–Kier alpha value is -4.34. The van der Waals surface area contributed by atoms with Gasteiger partial charge in [0.05, 0.1) is 0 Å². The summed E-state index contributed by atoms with van der Waals surface area (Å²) in [5, 5.41) is 0. The van der Waals surface area contributed by atoms with Crippen molar-refractivity contribution in [3.63, 3.8) is 0 Å². The molecule has 0 radical (unpaired) electrons. The summed E-state index contributed by atoms with van der Waals surface area (Å²) >= 11 is 0. The van der Waals surface area contributed by atoms with Crippen LogP contribution in [-0.2, 0) is 0 Å². The topological polar surface area (TPSA) is 9.49 Å². The van der Waals surface area contributed by atoms with E-state index in [1.54, 1.807) is 0 Å². The number of anilines is 2. The second-order valence-corrected chi connectivity index (χ2v) is 10.8. The molecule has 0 amide bonds. The third-order valence-electron chi connectivity index (χ3n) is 7.44. The third-order valence-corrected chi connectivity index (χ3v) is 7.44. The summed E-state index contributed by atoms with van der Waals surface area (Å²) in [4.78, 5) is 4.27. The number of rotatable bonds is 6. The SMILES string of the molecule is CN(C)c1ccc(-c2ccc(C(=C3C=CC(=[N+](C)C)C=C3)c3ccccc3)c(-c3ccc(N(C)C)cc3)c2)cc1.[Cl-]. The number of hydrogen-bond acceptors (Lipinski definition) is 2. The lowest BCUT2D eigenvalue weighted by Crippen LogP contribution is -3.00. The molecule has 0 atom stereocenters. The van der Waals surface area contributed by atoms with Crippen molar-refractivity contribution in [2.75, 3.05) is 52.1 Å². The summed E-state index contributed by atoms with van der Waals surface area (Å²) < 4.78 is 2.14. The maximum absolute atomic E-state index is 2.35. The molecule has 1 aliphatic carbocycles. The van der Waals surface area contributed by atoms with Crippen LogP contribution in [0.3, 0.4) is 0 Å². The van der Waals surface area contributed by atoms with E-state index < -0.39 is 0 Å². The quantitative estimate of drug-likeness (QED) is 0.314. The first-order valence-corrected chi connectivity index (χ1v) is 13.7. The molecule has 0 heterocycles. The second-order valence-electron chi connectivity index (χ2n) is 10.8. The molecule has 0 aromatic heterocycles. The van der Waals surface area contributed by atoms with Gasteiger partial charge in [0.15, 0.2) is 5.71 Å². The van der Waals surface area contributed by atoms with Gasteiger partial charge in [-0.1, -0.05) is 66.7 Å². The molecule has 0 saturated carbocycles. The molecule has 4 aromatic rings. The van der Waals surface area contributed by atoms with Gasteiger partial charge in [0.2, 0.25) is 0 Å². The Labute approximate surface area is 251 Å². The largest absolute Gasteiger partial charge is 1.00 e. The first kappa shape index (κ1) is 29.6. The minimum absolute atomic E-state index is 0. The van der Waals surface area contributed by atoms with Crippen LogP contribution in [0.15, 0.2) is 127 Å². The fraction of sp³-hybridized carbons (Fsp3) is 0.162. The molecular formula is C37H38ClN3. The summed E-state index contributed by atoms with van der Waals surface area (Å²) in [6, 6.07) is 35.3. The van der Waals surface area contributed by atoms with Crippen molar-refractivity contribution in [2.45, 2.75) is 0 Å². The summed E-state index contributed by atoms with van der Waals surface area (Å²) in [6.45, 7) is 0. The minimum Gasteiger partial charge on any atom is -1.00 e. The van der Waals surface area contributed by atoms with E-state index in [0.717, 1.165) is 0 Å². The summed E-state index contributed by atoms with van der Waals surface area (Å²) in [5.41, 5.74) is 13.2. The number of hydrogen-bond donors (Lipinski definition) is 0. The molecule has 0 fully saturated rings. The van der Waals surface area contributed by atoms with Crippen molar-refractivity contribution in [3.8, 4) is 22.3 Å². The molecule has 3 nitrogen and oxygen atoms in total. The highest BCUT2D eigenvalue weighted by atomic mass is 35.5. The highest BCUT2D eigenvalue weighted by Crippen LogP contribution is 2.39. The van der Waals surface area contributed by atoms with Gasteiger partial charge in [-0.05, 0) is 87.0 Å². The standard InChI is InChI=1S/C37H38N3.ClH/c1-38(2)32-19-12-27(13-20-32)31-18-25-35(36(26-31)28-14-21-33(22-15-28)39(3)4)37(29-10-8-7-9-11-29)30-16-23-34(24-17-30)40(5)6;/h7-26H,1-6H3;1H/q+1;/p-1. The van der Waals surface area contributed by atoms with Gasteiger partial charge in [0.1, 0.15) is 14.1 Å². The molecule has 0 unspecified atom stereocenters. The maximum Gasteiger partial charge on any atom is 0.199 e. The van der Waals surface area contributed by atoms with Gasteiger partial charge < -0.3 is 22.2 Å². The van der Waals surface area contributed by atoms with Gasteiger partial charge in [0.25, 0.3) is 0 Å². The lowest BCUT2D eigenvalue weighted by atomic mass is 9.85. The summed E-state index contributed by atoms with van der Waals surface area (Å²) in [7, 11) is 12.5. The van der Waals surface area contributed by atoms with Crippen molar-refractivity contribution in [1.29, 1.82) is 0 Å². The van der Waals surface area contributed by atoms with E-state index in [1.165, 1.54) is 61.6 Å². The second kappa shape index (κ2) is 12.9. The lowest BCUT2D eigenvalue weighted by molar-refractivity contribution is -0.462. The van der Waals surface area contributed by atoms with Crippen LogP contribution < -0.4 is 22.2 Å². The van der Waals surface area contributed by atoms with E-state index >= 15 is 0 Å². The van der Waals surface area contributed by atoms with Crippen LogP contribution in [0, 0.1) is 0 Å². The molecular weight excluding hydrogens is 522 g/mol. The Bertz CT molecular complexity index is 1600. The zero-order valence-electron chi connectivity index (χ0n) is 24.8. The Morgan fingerprint density at radius 1 is 0.561 bits per heavy atom. The monoisotopic (exact) mass is 559 g/mol. The number of nitrogens with zero attached hydrogens (tertiary/aromatic N) is 3. The molecule has 0 bridgehead atoms. The zero-order chi connectivity index (χ0) is 28.2. The first-order chi connectivity index (χ1) is 19.3. The smallest absolute Gasteiger partial charge is 0.199 e. The zero-order valence-corrected chi connectivity index (χ0v) is 25.5. The van der Waals surface area contributed by atoms with Gasteiger partial charge in [-0.2, -0.15) is 0 Å². The Morgan fingerprint density at radius 2 is 1.07 bits per heavy atom. The van der Waals surface area contributed by atoms with Crippen molar-refractivity contribution in [3.05, 3.63) is 138 Å². The Kier molecular flexibility index (Phi) is 9.31. The van der Waals surface area contributed by atoms with Crippen LogP contribution in [0.25, 0.3) is 27.8 Å². The van der Waals surface area contributed by atoms with Crippen LogP contribution in [-0.4, -0.2) is 52.6 Å². The lowest BCUT2D eigenvalue weighted by Gasteiger charge is -2.20. The third kappa shape index (κ3) is 6.53. The minimum atomic E-state index is 0. The van der Waals surface area contributed by atoms with Crippen LogP contribution >= 0.6 is 0 Å². The van der Waals surface area contributed by atoms with Gasteiger partial charge in [-0.15, -0.1) is 0 Å². The van der Waals surface area contributed by atoms with Gasteiger partial charge >= 0.3 is 0 Å². The Balaban J connectivity index is 0.00000387. The van der Waals surface area contributed by atoms with E-state index in [9.17, 15) is 0 Å². The number of halogens is 1. The molecule has 1 aliphatic rings. The van der Waals surface area contributed by atoms with Gasteiger partial charge in [0, 0.05) is 51.7 Å². The normalized spacial score (nSPS) is 12.1. The molecule has 0 aliphatic heterocycles. The molecule has 41 heavy (non-hydrogen) atoms. The van der Waals surface area contributed by atoms with Crippen molar-refractivity contribution >= 4 is 22.7 Å². The van der Waals surface area contributed by atoms with Crippen molar-refractivity contribution < 1.29 is 17.0 Å². The molecule has 5 rings (SSSR count). The highest BCUT2D eigenvalue weighted by molar-refractivity contribution is 6.04. The first-order valence-electron chi connectivity index (χ1n) is 13.7. The van der Waals surface area contributed by atoms with Crippen LogP contribution in [0.5, 0.6) is 0 Å². The van der Waals surface area contributed by atoms with Crippen LogP contribution in [0.1, 0.15) is 11.1 Å². The van der Waals surface area contributed by atoms with E-state index in [0.29, 0.717) is 0 Å². The predicted octanol–water partition coefficient (Wildman–Crippen LogP) is 4.80. The molecule has 0 N–H and O–H groups in total. The summed E-state index contributed by atoms with van der Waals surface area (Å²) in [5.74, 6) is 0. The fourth-order valence-corrected chi connectivity index (χ4v) is 5.08. The predicted molar refractivity (Wildman–Crippen MR) is 174 cm³/mol. The molecule has 0 spiro atoms. The van der Waals surface area contributed by atoms with Gasteiger partial charge in [-0.25, -0.2) is 4.58 Å². The summed E-state index contributed by atoms with van der Waals surface area (Å²) in [6.07, 6.45) is 8.88. The van der Waals surface area contributed by atoms with E-state index in [1.807, 2.05) is 0 Å². The fourth-order valence-electron chi connectivity index (χ4n) is 5.08. The van der Waals surface area contributed by atoms with E-state index in [4.69, 9.17) is 0 Å². The highest BCUT2D eigenvalue weighted by Gasteiger charge is 2.18. The van der Waals surface area contributed by atoms with Crippen LogP contribution in [0.2, 0.25) is 0 Å². The van der Waals surface area contributed by atoms with E-state index in [2.05, 4.69) is 178 Å². The Morgan fingerprint density at radius 3 is 1.59 bits per heavy atom. The van der Waals surface area contributed by atoms with Crippen molar-refractivity contribution in [2.24, 2.45) is 0 Å². The van der Waals surface area contributed by atoms with E-state index in [-0.39, 0.29) is 12.4 Å². The van der Waals surface area contributed by atoms with Crippen molar-refractivity contribution in [1.82, 2.24) is 0 Å². The average Bonchev–Trinajstić information content (AvgIpc) is 2.98. The maximum atomic E-state index is 2.35. The molecule has 0 saturated heterocycles. The molecule has 4 heteroatoms. The molecule has 4 aromatic carbocycles. The van der Waals surface area contributed by atoms with Crippen LogP contribution in [0.4, 0.5) is 11.4 Å². The number of benzene rings is 4. The average molecular weight is 560 g/mol. The van der Waals surface area contributed by atoms with Gasteiger partial charge in [-0.3, -0.25) is 0 Å². The molecule has 208 valence electrons.